The van der Waals surface area contributed by atoms with E-state index in [1.807, 2.05) is 12.1 Å². The van der Waals surface area contributed by atoms with Crippen molar-refractivity contribution in [3.8, 4) is 0 Å². The molecule has 0 bridgehead atoms. The maximum absolute atomic E-state index is 9.04. The smallest absolute Gasteiger partial charge is 0.0650 e. The third kappa shape index (κ3) is 2.21. The lowest BCUT2D eigenvalue weighted by Gasteiger charge is -2.22. The Morgan fingerprint density at radius 3 is 2.62 bits per heavy atom. The molecule has 5 N–H and O–H groups in total. The first kappa shape index (κ1) is 10.5. The number of benzene rings is 1. The van der Waals surface area contributed by atoms with Gasteiger partial charge in [-0.1, -0.05) is 6.07 Å². The van der Waals surface area contributed by atoms with E-state index in [4.69, 9.17) is 16.6 Å². The highest BCUT2D eigenvalue weighted by molar-refractivity contribution is 9.10. The van der Waals surface area contributed by atoms with Crippen LogP contribution in [0, 0.1) is 0 Å². The first-order chi connectivity index (χ1) is 5.97. The molecule has 0 spiro atoms. The summed E-state index contributed by atoms with van der Waals surface area (Å²) in [6, 6.07) is 5.40. The van der Waals surface area contributed by atoms with Gasteiger partial charge in [-0.25, -0.2) is 0 Å². The lowest BCUT2D eigenvalue weighted by atomic mass is 9.94. The number of halogens is 1. The molecule has 0 aliphatic rings. The molecular formula is C9H13BrN2O. The number of nitrogen functional groups attached to an aromatic ring is 1. The molecule has 4 heteroatoms. The number of aliphatic hydroxyl groups is 1. The Kier molecular flexibility index (Phi) is 2.95. The summed E-state index contributed by atoms with van der Waals surface area (Å²) in [5.74, 6) is 0. The average Bonchev–Trinajstić information content (AvgIpc) is 2.09. The molecular weight excluding hydrogens is 232 g/mol. The van der Waals surface area contributed by atoms with E-state index in [1.54, 1.807) is 13.0 Å². The van der Waals surface area contributed by atoms with Crippen LogP contribution < -0.4 is 11.5 Å². The monoisotopic (exact) mass is 244 g/mol. The molecule has 13 heavy (non-hydrogen) atoms. The molecule has 0 saturated heterocycles. The van der Waals surface area contributed by atoms with Gasteiger partial charge in [-0.2, -0.15) is 0 Å². The summed E-state index contributed by atoms with van der Waals surface area (Å²) in [6.45, 7) is 1.67. The Hall–Kier alpha value is -0.580. The zero-order valence-corrected chi connectivity index (χ0v) is 9.01. The van der Waals surface area contributed by atoms with Crippen LogP contribution in [-0.4, -0.2) is 11.7 Å². The molecule has 1 aromatic rings. The van der Waals surface area contributed by atoms with Gasteiger partial charge in [-0.3, -0.25) is 0 Å². The third-order valence-corrected chi connectivity index (χ3v) is 2.68. The van der Waals surface area contributed by atoms with Crippen LogP contribution in [0.25, 0.3) is 0 Å². The number of anilines is 1. The second-order valence-electron chi connectivity index (χ2n) is 3.31. The fourth-order valence-electron chi connectivity index (χ4n) is 0.974. The number of hydrogen-bond donors (Lipinski definition) is 3. The van der Waals surface area contributed by atoms with E-state index in [1.165, 1.54) is 0 Å². The predicted molar refractivity (Wildman–Crippen MR) is 57.2 cm³/mol. The lowest BCUT2D eigenvalue weighted by molar-refractivity contribution is 0.210. The molecule has 0 aliphatic heterocycles. The van der Waals surface area contributed by atoms with Crippen molar-refractivity contribution in [2.75, 3.05) is 12.3 Å². The molecule has 0 heterocycles. The summed E-state index contributed by atoms with van der Waals surface area (Å²) in [4.78, 5) is 0. The van der Waals surface area contributed by atoms with Crippen molar-refractivity contribution in [2.45, 2.75) is 12.5 Å². The zero-order chi connectivity index (χ0) is 10.1. The Labute approximate surface area is 85.9 Å². The molecule has 0 aliphatic carbocycles. The first-order valence-corrected chi connectivity index (χ1v) is 4.72. The fraction of sp³-hybridized carbons (Fsp3) is 0.333. The van der Waals surface area contributed by atoms with Crippen molar-refractivity contribution in [3.63, 3.8) is 0 Å². The van der Waals surface area contributed by atoms with Gasteiger partial charge in [0.1, 0.15) is 0 Å². The van der Waals surface area contributed by atoms with Crippen LogP contribution in [-0.2, 0) is 5.54 Å². The van der Waals surface area contributed by atoms with Crippen molar-refractivity contribution in [1.82, 2.24) is 0 Å². The summed E-state index contributed by atoms with van der Waals surface area (Å²) in [6.07, 6.45) is 0. The minimum Gasteiger partial charge on any atom is -0.398 e. The molecule has 1 aromatic carbocycles. The van der Waals surface area contributed by atoms with E-state index in [0.29, 0.717) is 5.69 Å². The molecule has 1 atom stereocenters. The highest BCUT2D eigenvalue weighted by Gasteiger charge is 2.20. The van der Waals surface area contributed by atoms with Crippen molar-refractivity contribution in [3.05, 3.63) is 28.2 Å². The van der Waals surface area contributed by atoms with Gasteiger partial charge < -0.3 is 16.6 Å². The Bertz CT molecular complexity index is 312. The van der Waals surface area contributed by atoms with Crippen molar-refractivity contribution < 1.29 is 5.11 Å². The molecule has 0 radical (unpaired) electrons. The highest BCUT2D eigenvalue weighted by Crippen LogP contribution is 2.25. The van der Waals surface area contributed by atoms with Gasteiger partial charge in [0.15, 0.2) is 0 Å². The van der Waals surface area contributed by atoms with Crippen LogP contribution in [0.15, 0.2) is 22.7 Å². The van der Waals surface area contributed by atoms with E-state index < -0.39 is 5.54 Å². The number of hydrogen-bond acceptors (Lipinski definition) is 3. The molecule has 0 fully saturated rings. The second-order valence-corrected chi connectivity index (χ2v) is 4.17. The average molecular weight is 245 g/mol. The number of rotatable bonds is 2. The molecule has 0 unspecified atom stereocenters. The minimum atomic E-state index is -0.712. The van der Waals surface area contributed by atoms with E-state index in [0.717, 1.165) is 10.0 Å². The molecule has 1 rings (SSSR count). The summed E-state index contributed by atoms with van der Waals surface area (Å²) in [5, 5.41) is 9.04. The number of aliphatic hydroxyl groups excluding tert-OH is 1. The van der Waals surface area contributed by atoms with E-state index in [-0.39, 0.29) is 6.61 Å². The first-order valence-electron chi connectivity index (χ1n) is 3.92. The van der Waals surface area contributed by atoms with E-state index in [2.05, 4.69) is 15.9 Å². The largest absolute Gasteiger partial charge is 0.398 e. The van der Waals surface area contributed by atoms with E-state index >= 15 is 0 Å². The van der Waals surface area contributed by atoms with Gasteiger partial charge in [0.25, 0.3) is 0 Å². The zero-order valence-electron chi connectivity index (χ0n) is 7.42. The van der Waals surface area contributed by atoms with Crippen LogP contribution >= 0.6 is 15.9 Å². The normalized spacial score (nSPS) is 15.4. The SMILES string of the molecule is C[C@@](N)(CO)c1ccc(N)c(Br)c1. The lowest BCUT2D eigenvalue weighted by Crippen LogP contribution is -2.36. The minimum absolute atomic E-state index is 0.0939. The second kappa shape index (κ2) is 3.65. The van der Waals surface area contributed by atoms with Crippen LogP contribution in [0.3, 0.4) is 0 Å². The molecule has 3 nitrogen and oxygen atoms in total. The topological polar surface area (TPSA) is 72.3 Å². The van der Waals surface area contributed by atoms with Crippen molar-refractivity contribution in [2.24, 2.45) is 5.73 Å². The molecule has 72 valence electrons. The molecule has 0 amide bonds. The van der Waals surface area contributed by atoms with Gasteiger partial charge in [-0.15, -0.1) is 0 Å². The number of nitrogens with two attached hydrogens (primary N) is 2. The fourth-order valence-corrected chi connectivity index (χ4v) is 1.35. The quantitative estimate of drug-likeness (QED) is 0.685. The summed E-state index contributed by atoms with van der Waals surface area (Å²) in [5.41, 5.74) is 12.3. The standard InChI is InChI=1S/C9H13BrN2O/c1-9(12,5-13)6-2-3-8(11)7(10)4-6/h2-4,13H,5,11-12H2,1H3/t9-/m1/s1. The summed E-state index contributed by atoms with van der Waals surface area (Å²) >= 11 is 3.31. The van der Waals surface area contributed by atoms with Gasteiger partial charge >= 0.3 is 0 Å². The van der Waals surface area contributed by atoms with E-state index in [9.17, 15) is 0 Å². The van der Waals surface area contributed by atoms with Crippen LogP contribution in [0.1, 0.15) is 12.5 Å². The van der Waals surface area contributed by atoms with Crippen molar-refractivity contribution in [1.29, 1.82) is 0 Å². The van der Waals surface area contributed by atoms with Gasteiger partial charge in [-0.05, 0) is 40.5 Å². The van der Waals surface area contributed by atoms with Gasteiger partial charge in [0.05, 0.1) is 12.1 Å². The maximum atomic E-state index is 9.04. The summed E-state index contributed by atoms with van der Waals surface area (Å²) < 4.78 is 0.801. The van der Waals surface area contributed by atoms with Crippen LogP contribution in [0.2, 0.25) is 0 Å². The Morgan fingerprint density at radius 2 is 2.15 bits per heavy atom. The maximum Gasteiger partial charge on any atom is 0.0650 e. The third-order valence-electron chi connectivity index (χ3n) is 1.99. The molecule has 0 saturated carbocycles. The summed E-state index contributed by atoms with van der Waals surface area (Å²) in [7, 11) is 0. The predicted octanol–water partition coefficient (Wildman–Crippen LogP) is 1.20. The van der Waals surface area contributed by atoms with Crippen molar-refractivity contribution >= 4 is 21.6 Å². The van der Waals surface area contributed by atoms with Crippen LogP contribution in [0.5, 0.6) is 0 Å². The Morgan fingerprint density at radius 1 is 1.54 bits per heavy atom. The van der Waals surface area contributed by atoms with Crippen LogP contribution in [0.4, 0.5) is 5.69 Å². The van der Waals surface area contributed by atoms with Gasteiger partial charge in [0.2, 0.25) is 0 Å². The van der Waals surface area contributed by atoms with Gasteiger partial charge in [0, 0.05) is 10.2 Å². The highest BCUT2D eigenvalue weighted by atomic mass is 79.9. The molecule has 0 aromatic heterocycles. The Balaban J connectivity index is 3.10.